The molecule has 1 aromatic carbocycles. The Balaban J connectivity index is 0.00000180. The van der Waals surface area contributed by atoms with Gasteiger partial charge < -0.3 is 4.74 Å². The minimum atomic E-state index is -0.416. The fourth-order valence-electron chi connectivity index (χ4n) is 1.42. The maximum absolute atomic E-state index is 11.3. The zero-order valence-corrected chi connectivity index (χ0v) is 15.5. The van der Waals surface area contributed by atoms with Crippen molar-refractivity contribution in [1.82, 2.24) is 4.98 Å². The molecule has 0 saturated heterocycles. The van der Waals surface area contributed by atoms with Gasteiger partial charge in [0.2, 0.25) is 0 Å². The molecule has 0 spiro atoms. The predicted molar refractivity (Wildman–Crippen MR) is 70.1 cm³/mol. The second kappa shape index (κ2) is 8.93. The van der Waals surface area contributed by atoms with E-state index in [1.165, 1.54) is 0 Å². The van der Waals surface area contributed by atoms with Crippen molar-refractivity contribution in [2.45, 2.75) is 6.92 Å². The summed E-state index contributed by atoms with van der Waals surface area (Å²) in [6, 6.07) is 12.9. The van der Waals surface area contributed by atoms with Gasteiger partial charge in [0.1, 0.15) is 5.75 Å². The fraction of sp³-hybridized carbons (Fsp3) is 0.0667. The molecular weight excluding hydrogens is 611 g/mol. The molecule has 0 unspecified atom stereocenters. The van der Waals surface area contributed by atoms with Crippen LogP contribution >= 0.6 is 0 Å². The Labute approximate surface area is 145 Å². The molecule has 0 bridgehead atoms. The Hall–Kier alpha value is -1.12. The van der Waals surface area contributed by atoms with Crippen LogP contribution in [0.4, 0.5) is 0 Å². The molecule has 0 aliphatic rings. The summed E-state index contributed by atoms with van der Waals surface area (Å²) in [6.45, 7) is 5.15. The number of rotatable bonds is 3. The number of pyridine rings is 1. The van der Waals surface area contributed by atoms with Gasteiger partial charge >= 0.3 is 5.97 Å². The number of esters is 1. The minimum absolute atomic E-state index is 0. The second-order valence-electron chi connectivity index (χ2n) is 3.91. The number of carbonyl (C=O) groups is 1. The predicted octanol–water partition coefficient (Wildman–Crippen LogP) is 3.23. The van der Waals surface area contributed by atoms with Crippen LogP contribution in [0, 0.1) is 0 Å². The summed E-state index contributed by atoms with van der Waals surface area (Å²) in [7, 11) is 0. The van der Waals surface area contributed by atoms with E-state index in [1.54, 1.807) is 25.3 Å². The van der Waals surface area contributed by atoms with Crippen molar-refractivity contribution >= 4 is 5.97 Å². The molecule has 0 amide bonds. The molecule has 20 heavy (non-hydrogen) atoms. The monoisotopic (exact) mass is 625 g/mol. The van der Waals surface area contributed by atoms with E-state index < -0.39 is 5.97 Å². The van der Waals surface area contributed by atoms with Gasteiger partial charge in [-0.2, -0.15) is 0 Å². The van der Waals surface area contributed by atoms with Crippen molar-refractivity contribution in [3.63, 3.8) is 0 Å². The average Bonchev–Trinajstić information content (AvgIpc) is 2.40. The van der Waals surface area contributed by atoms with E-state index >= 15 is 0 Å². The van der Waals surface area contributed by atoms with Crippen LogP contribution in [0.2, 0.25) is 0 Å². The van der Waals surface area contributed by atoms with E-state index in [2.05, 4.69) is 11.6 Å². The third-order valence-corrected chi connectivity index (χ3v) is 2.37. The molecule has 0 fully saturated rings. The number of carbonyl (C=O) groups excluding carboxylic acids is 1. The van der Waals surface area contributed by atoms with Crippen LogP contribution in [-0.4, -0.2) is 11.0 Å². The maximum atomic E-state index is 11.3. The fourth-order valence-corrected chi connectivity index (χ4v) is 1.42. The van der Waals surface area contributed by atoms with Crippen LogP contribution in [0.3, 0.4) is 0 Å². The Morgan fingerprint density at radius 1 is 1.10 bits per heavy atom. The van der Waals surface area contributed by atoms with E-state index in [1.807, 2.05) is 30.3 Å². The van der Waals surface area contributed by atoms with Crippen molar-refractivity contribution in [1.29, 1.82) is 0 Å². The summed E-state index contributed by atoms with van der Waals surface area (Å²) in [6.07, 6.45) is 1.74. The SMILES string of the molecule is C=C(C)C(=O)Oc1ccc(-c2ccccn2)cc1.[Ir].[Ir]. The standard InChI is InChI=1S/C15H13NO2.2Ir/c1-11(2)15(17)18-13-8-6-12(7-9-13)14-5-3-4-10-16-14;;/h3-10H,1H2,2H3;;. The van der Waals surface area contributed by atoms with E-state index in [-0.39, 0.29) is 40.2 Å². The van der Waals surface area contributed by atoms with Crippen molar-refractivity contribution in [2.24, 2.45) is 0 Å². The van der Waals surface area contributed by atoms with E-state index in [4.69, 9.17) is 4.74 Å². The summed E-state index contributed by atoms with van der Waals surface area (Å²) in [5, 5.41) is 0. The topological polar surface area (TPSA) is 39.2 Å². The first-order valence-corrected chi connectivity index (χ1v) is 5.56. The van der Waals surface area contributed by atoms with Gasteiger partial charge in [-0.15, -0.1) is 0 Å². The molecule has 0 saturated carbocycles. The van der Waals surface area contributed by atoms with E-state index in [9.17, 15) is 4.79 Å². The number of hydrogen-bond donors (Lipinski definition) is 0. The van der Waals surface area contributed by atoms with Crippen molar-refractivity contribution in [3.8, 4) is 17.0 Å². The largest absolute Gasteiger partial charge is 0.423 e. The van der Waals surface area contributed by atoms with Crippen LogP contribution in [0.15, 0.2) is 60.8 Å². The Bertz CT molecular complexity index is 568. The molecule has 2 radical (unpaired) electrons. The van der Waals surface area contributed by atoms with Gasteiger partial charge in [-0.3, -0.25) is 4.98 Å². The van der Waals surface area contributed by atoms with Crippen molar-refractivity contribution in [3.05, 3.63) is 60.8 Å². The third kappa shape index (κ3) is 5.10. The first kappa shape index (κ1) is 18.9. The van der Waals surface area contributed by atoms with Gasteiger partial charge in [0, 0.05) is 57.5 Å². The maximum Gasteiger partial charge on any atom is 0.338 e. The van der Waals surface area contributed by atoms with Gasteiger partial charge in [0.05, 0.1) is 5.69 Å². The van der Waals surface area contributed by atoms with Gasteiger partial charge in [0.25, 0.3) is 0 Å². The molecule has 0 N–H and O–H groups in total. The Morgan fingerprint density at radius 3 is 2.25 bits per heavy atom. The van der Waals surface area contributed by atoms with Crippen LogP contribution in [0.25, 0.3) is 11.3 Å². The molecule has 108 valence electrons. The molecule has 0 aliphatic carbocycles. The van der Waals surface area contributed by atoms with E-state index in [0.29, 0.717) is 11.3 Å². The average molecular weight is 624 g/mol. The molecule has 1 aromatic heterocycles. The molecule has 0 aliphatic heterocycles. The molecule has 5 heteroatoms. The molecule has 2 aromatic rings. The quantitative estimate of drug-likeness (QED) is 0.300. The molecular formula is C15H13Ir2NO2. The van der Waals surface area contributed by atoms with Gasteiger partial charge in [-0.25, -0.2) is 4.79 Å². The summed E-state index contributed by atoms with van der Waals surface area (Å²) in [5.74, 6) is 0.0864. The summed E-state index contributed by atoms with van der Waals surface area (Å²) in [5.41, 5.74) is 2.24. The summed E-state index contributed by atoms with van der Waals surface area (Å²) >= 11 is 0. The number of hydrogen-bond acceptors (Lipinski definition) is 3. The number of benzene rings is 1. The van der Waals surface area contributed by atoms with Crippen LogP contribution in [0.5, 0.6) is 5.75 Å². The first-order valence-electron chi connectivity index (χ1n) is 5.56. The summed E-state index contributed by atoms with van der Waals surface area (Å²) in [4.78, 5) is 15.6. The first-order chi connectivity index (χ1) is 8.66. The molecule has 1 heterocycles. The van der Waals surface area contributed by atoms with Gasteiger partial charge in [-0.05, 0) is 43.3 Å². The number of nitrogens with zero attached hydrogens (tertiary/aromatic N) is 1. The zero-order valence-electron chi connectivity index (χ0n) is 10.8. The third-order valence-electron chi connectivity index (χ3n) is 2.37. The van der Waals surface area contributed by atoms with E-state index in [0.717, 1.165) is 11.3 Å². The normalized spacial score (nSPS) is 8.85. The van der Waals surface area contributed by atoms with Gasteiger partial charge in [0.15, 0.2) is 0 Å². The number of ether oxygens (including phenoxy) is 1. The van der Waals surface area contributed by atoms with Crippen molar-refractivity contribution < 1.29 is 49.7 Å². The minimum Gasteiger partial charge on any atom is -0.423 e. The molecule has 3 nitrogen and oxygen atoms in total. The number of aromatic nitrogens is 1. The van der Waals surface area contributed by atoms with Gasteiger partial charge in [-0.1, -0.05) is 12.6 Å². The van der Waals surface area contributed by atoms with Crippen LogP contribution < -0.4 is 4.74 Å². The summed E-state index contributed by atoms with van der Waals surface area (Å²) < 4.78 is 5.11. The molecule has 2 rings (SSSR count). The molecule has 0 atom stereocenters. The zero-order chi connectivity index (χ0) is 13.0. The smallest absolute Gasteiger partial charge is 0.338 e. The second-order valence-corrected chi connectivity index (χ2v) is 3.91. The van der Waals surface area contributed by atoms with Crippen molar-refractivity contribution in [2.75, 3.05) is 0 Å². The Kier molecular flexibility index (Phi) is 8.43. The van der Waals surface area contributed by atoms with Crippen LogP contribution in [-0.2, 0) is 45.0 Å². The Morgan fingerprint density at radius 2 is 1.75 bits per heavy atom. The van der Waals surface area contributed by atoms with Crippen LogP contribution in [0.1, 0.15) is 6.92 Å².